The summed E-state index contributed by atoms with van der Waals surface area (Å²) in [5.41, 5.74) is 3.15. The Bertz CT molecular complexity index is 811. The summed E-state index contributed by atoms with van der Waals surface area (Å²) in [4.78, 5) is 25.7. The smallest absolute Gasteiger partial charge is 0.299 e. The molecule has 5 heteroatoms. The Hall–Kier alpha value is -2.33. The molecule has 0 saturated heterocycles. The molecule has 1 amide bonds. The van der Waals surface area contributed by atoms with E-state index in [0.29, 0.717) is 29.4 Å². The Kier molecular flexibility index (Phi) is 5.09. The largest absolute Gasteiger partial charge is 0.493 e. The molecule has 1 aliphatic rings. The Morgan fingerprint density at radius 1 is 1.00 bits per heavy atom. The van der Waals surface area contributed by atoms with Crippen molar-refractivity contribution in [1.29, 1.82) is 0 Å². The highest BCUT2D eigenvalue weighted by molar-refractivity contribution is 6.54. The van der Waals surface area contributed by atoms with Crippen molar-refractivity contribution in [3.8, 4) is 5.75 Å². The fourth-order valence-electron chi connectivity index (χ4n) is 3.10. The van der Waals surface area contributed by atoms with Gasteiger partial charge in [-0.2, -0.15) is 0 Å². The molecule has 0 unspecified atom stereocenters. The van der Waals surface area contributed by atoms with Crippen molar-refractivity contribution in [2.45, 2.75) is 26.7 Å². The molecule has 3 rings (SSSR count). The summed E-state index contributed by atoms with van der Waals surface area (Å²) in [6, 6.07) is 11.1. The van der Waals surface area contributed by atoms with E-state index in [0.717, 1.165) is 29.7 Å². The minimum absolute atomic E-state index is 0.393. The number of carbonyl (C=O) groups excluding carboxylic acids is 2. The maximum absolute atomic E-state index is 12.2. The number of benzene rings is 2. The first-order chi connectivity index (χ1) is 12.0. The van der Waals surface area contributed by atoms with Gasteiger partial charge in [-0.25, -0.2) is 0 Å². The molecule has 0 spiro atoms. The number of Topliss-reactive ketones (excluding diaryl/α,β-unsaturated/α-hetero) is 1. The minimum Gasteiger partial charge on any atom is -0.493 e. The van der Waals surface area contributed by atoms with Crippen LogP contribution < -0.4 is 9.64 Å². The van der Waals surface area contributed by atoms with Gasteiger partial charge in [0, 0.05) is 6.54 Å². The number of aryl methyl sites for hydroxylation is 2. The van der Waals surface area contributed by atoms with Crippen LogP contribution in [0.15, 0.2) is 36.4 Å². The van der Waals surface area contributed by atoms with E-state index in [9.17, 15) is 9.59 Å². The lowest BCUT2D eigenvalue weighted by Gasteiger charge is -2.18. The van der Waals surface area contributed by atoms with Gasteiger partial charge >= 0.3 is 0 Å². The topological polar surface area (TPSA) is 46.6 Å². The molecule has 0 aromatic heterocycles. The maximum Gasteiger partial charge on any atom is 0.299 e. The second-order valence-electron chi connectivity index (χ2n) is 6.20. The summed E-state index contributed by atoms with van der Waals surface area (Å²) in [6.45, 7) is 5.07. The lowest BCUT2D eigenvalue weighted by molar-refractivity contribution is -0.114. The summed E-state index contributed by atoms with van der Waals surface area (Å²) >= 11 is 6.18. The molecule has 0 N–H and O–H groups in total. The molecule has 2 aromatic carbocycles. The minimum atomic E-state index is -0.501. The second kappa shape index (κ2) is 7.28. The molecule has 1 aliphatic heterocycles. The van der Waals surface area contributed by atoms with Crippen molar-refractivity contribution >= 4 is 29.0 Å². The van der Waals surface area contributed by atoms with Gasteiger partial charge < -0.3 is 9.64 Å². The molecular formula is C20H20ClNO3. The highest BCUT2D eigenvalue weighted by Gasteiger charge is 2.36. The Morgan fingerprint density at radius 3 is 2.40 bits per heavy atom. The number of hydrogen-bond donors (Lipinski definition) is 0. The number of amides is 1. The lowest BCUT2D eigenvalue weighted by atomic mass is 10.1. The van der Waals surface area contributed by atoms with Crippen molar-refractivity contribution in [3.63, 3.8) is 0 Å². The van der Waals surface area contributed by atoms with Gasteiger partial charge in [-0.15, -0.1) is 0 Å². The number of unbranched alkanes of at least 4 members (excludes halogenated alkanes) is 1. The van der Waals surface area contributed by atoms with Crippen molar-refractivity contribution < 1.29 is 14.3 Å². The Labute approximate surface area is 152 Å². The predicted molar refractivity (Wildman–Crippen MR) is 98.8 cm³/mol. The highest BCUT2D eigenvalue weighted by Crippen LogP contribution is 2.35. The number of halogens is 1. The molecule has 0 aliphatic carbocycles. The number of hydrogen-bond acceptors (Lipinski definition) is 3. The third kappa shape index (κ3) is 3.40. The molecule has 0 saturated carbocycles. The second-order valence-corrected chi connectivity index (χ2v) is 6.61. The maximum atomic E-state index is 12.2. The van der Waals surface area contributed by atoms with Crippen LogP contribution in [0.3, 0.4) is 0 Å². The van der Waals surface area contributed by atoms with Gasteiger partial charge in [0.2, 0.25) is 0 Å². The first kappa shape index (κ1) is 17.5. The van der Waals surface area contributed by atoms with E-state index in [2.05, 4.69) is 0 Å². The normalized spacial score (nSPS) is 13.3. The molecule has 0 fully saturated rings. The van der Waals surface area contributed by atoms with Gasteiger partial charge in [0.05, 0.1) is 22.9 Å². The summed E-state index contributed by atoms with van der Waals surface area (Å²) in [5.74, 6) is -0.0635. The van der Waals surface area contributed by atoms with E-state index in [-0.39, 0.29) is 0 Å². The Morgan fingerprint density at radius 2 is 1.68 bits per heavy atom. The Balaban J connectivity index is 1.57. The number of anilines is 1. The molecule has 25 heavy (non-hydrogen) atoms. The number of para-hydroxylation sites is 2. The number of ketones is 1. The van der Waals surface area contributed by atoms with Crippen LogP contribution in [0.1, 0.15) is 34.3 Å². The zero-order chi connectivity index (χ0) is 18.0. The number of nitrogens with zero attached hydrogens (tertiary/aromatic N) is 1. The van der Waals surface area contributed by atoms with Crippen molar-refractivity contribution in [1.82, 2.24) is 0 Å². The summed E-state index contributed by atoms with van der Waals surface area (Å²) in [6.07, 6.45) is 1.51. The van der Waals surface area contributed by atoms with Crippen LogP contribution in [0.5, 0.6) is 5.75 Å². The highest BCUT2D eigenvalue weighted by atomic mass is 35.5. The SMILES string of the molecule is Cc1cccc(C)c1OCCCCN1C(=O)C(=O)c2cccc(Cl)c21. The monoisotopic (exact) mass is 357 g/mol. The lowest BCUT2D eigenvalue weighted by Crippen LogP contribution is -2.31. The van der Waals surface area contributed by atoms with Crippen LogP contribution in [0.4, 0.5) is 5.69 Å². The van der Waals surface area contributed by atoms with Crippen LogP contribution in [-0.2, 0) is 4.79 Å². The van der Waals surface area contributed by atoms with Crippen molar-refractivity contribution in [2.24, 2.45) is 0 Å². The number of rotatable bonds is 6. The van der Waals surface area contributed by atoms with E-state index in [1.807, 2.05) is 32.0 Å². The predicted octanol–water partition coefficient (Wildman–Crippen LogP) is 4.35. The third-order valence-corrected chi connectivity index (χ3v) is 4.68. The molecule has 1 heterocycles. The van der Waals surface area contributed by atoms with E-state index < -0.39 is 11.7 Å². The molecule has 4 nitrogen and oxygen atoms in total. The van der Waals surface area contributed by atoms with Gasteiger partial charge in [-0.1, -0.05) is 35.9 Å². The first-order valence-corrected chi connectivity index (χ1v) is 8.72. The number of fused-ring (bicyclic) bond motifs is 1. The molecule has 0 bridgehead atoms. The quantitative estimate of drug-likeness (QED) is 0.570. The molecule has 130 valence electrons. The van der Waals surface area contributed by atoms with Crippen LogP contribution >= 0.6 is 11.6 Å². The number of carbonyl (C=O) groups is 2. The van der Waals surface area contributed by atoms with Crippen LogP contribution in [0.25, 0.3) is 0 Å². The third-order valence-electron chi connectivity index (χ3n) is 4.37. The van der Waals surface area contributed by atoms with E-state index in [4.69, 9.17) is 16.3 Å². The summed E-state index contributed by atoms with van der Waals surface area (Å²) < 4.78 is 5.88. The van der Waals surface area contributed by atoms with Gasteiger partial charge in [0.15, 0.2) is 0 Å². The number of ether oxygens (including phenoxy) is 1. The first-order valence-electron chi connectivity index (χ1n) is 8.34. The fraction of sp³-hybridized carbons (Fsp3) is 0.300. The van der Waals surface area contributed by atoms with Crippen LogP contribution in [0.2, 0.25) is 5.02 Å². The average molecular weight is 358 g/mol. The van der Waals surface area contributed by atoms with Crippen molar-refractivity contribution in [2.75, 3.05) is 18.1 Å². The van der Waals surface area contributed by atoms with Gasteiger partial charge in [0.25, 0.3) is 11.7 Å². The molecule has 0 radical (unpaired) electrons. The molecule has 2 aromatic rings. The zero-order valence-electron chi connectivity index (χ0n) is 14.3. The fourth-order valence-corrected chi connectivity index (χ4v) is 3.38. The standard InChI is InChI=1S/C20H20ClNO3/c1-13-7-5-8-14(2)19(13)25-12-4-3-11-22-17-15(18(23)20(22)24)9-6-10-16(17)21/h5-10H,3-4,11-12H2,1-2H3. The van der Waals surface area contributed by atoms with E-state index in [1.54, 1.807) is 18.2 Å². The van der Waals surface area contributed by atoms with Gasteiger partial charge in [-0.3, -0.25) is 9.59 Å². The molecule has 0 atom stereocenters. The summed E-state index contributed by atoms with van der Waals surface area (Å²) in [5, 5.41) is 0.434. The van der Waals surface area contributed by atoms with Gasteiger partial charge in [0.1, 0.15) is 5.75 Å². The molecular weight excluding hydrogens is 338 g/mol. The average Bonchev–Trinajstić information content (AvgIpc) is 2.83. The zero-order valence-corrected chi connectivity index (χ0v) is 15.1. The summed E-state index contributed by atoms with van der Waals surface area (Å²) in [7, 11) is 0. The van der Waals surface area contributed by atoms with E-state index in [1.165, 1.54) is 4.90 Å². The van der Waals surface area contributed by atoms with Crippen molar-refractivity contribution in [3.05, 3.63) is 58.1 Å². The van der Waals surface area contributed by atoms with Crippen LogP contribution in [-0.4, -0.2) is 24.8 Å². The van der Waals surface area contributed by atoms with Gasteiger partial charge in [-0.05, 0) is 49.9 Å². The van der Waals surface area contributed by atoms with E-state index >= 15 is 0 Å². The van der Waals surface area contributed by atoms with Crippen LogP contribution in [0, 0.1) is 13.8 Å².